The van der Waals surface area contributed by atoms with Gasteiger partial charge in [-0.3, -0.25) is 4.79 Å². The number of carbonyl (C=O) groups excluding carboxylic acids is 1. The maximum atomic E-state index is 12.6. The van der Waals surface area contributed by atoms with Crippen LogP contribution in [0.15, 0.2) is 42.5 Å². The van der Waals surface area contributed by atoms with Crippen LogP contribution in [0, 0.1) is 0 Å². The Kier molecular flexibility index (Phi) is 5.21. The van der Waals surface area contributed by atoms with E-state index in [0.717, 1.165) is 17.7 Å². The van der Waals surface area contributed by atoms with Crippen LogP contribution in [0.5, 0.6) is 5.75 Å². The van der Waals surface area contributed by atoms with Crippen LogP contribution < -0.4 is 10.5 Å². The number of ketones is 1. The number of carbonyl (C=O) groups is 1. The monoisotopic (exact) mass is 297 g/mol. The van der Waals surface area contributed by atoms with Crippen LogP contribution >= 0.6 is 0 Å². The quantitative estimate of drug-likeness (QED) is 0.634. The molecule has 2 rings (SSSR count). The lowest BCUT2D eigenvalue weighted by atomic mass is 9.95. The highest BCUT2D eigenvalue weighted by molar-refractivity contribution is 6.09. The van der Waals surface area contributed by atoms with Crippen LogP contribution in [0.3, 0.4) is 0 Å². The van der Waals surface area contributed by atoms with Gasteiger partial charge in [0.05, 0.1) is 6.61 Å². The normalized spacial score (nSPS) is 10.7. The number of benzene rings is 2. The van der Waals surface area contributed by atoms with Crippen molar-refractivity contribution in [2.75, 3.05) is 12.3 Å². The standard InChI is InChI=1S/C19H23NO2/c1-4-10-22-18-9-8-15(12-17(18)13(2)3)19(21)14-6-5-7-16(20)11-14/h5-9,11-13H,4,10,20H2,1-3H3. The molecule has 0 radical (unpaired) electrons. The SMILES string of the molecule is CCCOc1ccc(C(=O)c2cccc(N)c2)cc1C(C)C. The summed E-state index contributed by atoms with van der Waals surface area (Å²) in [6.07, 6.45) is 0.960. The fraction of sp³-hybridized carbons (Fsp3) is 0.316. The molecule has 2 N–H and O–H groups in total. The Bertz CT molecular complexity index is 662. The maximum absolute atomic E-state index is 12.6. The Morgan fingerprint density at radius 3 is 2.50 bits per heavy atom. The average molecular weight is 297 g/mol. The zero-order valence-electron chi connectivity index (χ0n) is 13.4. The van der Waals surface area contributed by atoms with Crippen molar-refractivity contribution in [2.24, 2.45) is 0 Å². The third kappa shape index (κ3) is 3.67. The van der Waals surface area contributed by atoms with Gasteiger partial charge in [-0.05, 0) is 48.2 Å². The van der Waals surface area contributed by atoms with Gasteiger partial charge in [0.1, 0.15) is 5.75 Å². The van der Waals surface area contributed by atoms with Crippen molar-refractivity contribution < 1.29 is 9.53 Å². The number of anilines is 1. The van der Waals surface area contributed by atoms with Crippen molar-refractivity contribution >= 4 is 11.5 Å². The van der Waals surface area contributed by atoms with Crippen molar-refractivity contribution in [1.82, 2.24) is 0 Å². The van der Waals surface area contributed by atoms with Crippen molar-refractivity contribution in [3.63, 3.8) is 0 Å². The van der Waals surface area contributed by atoms with E-state index in [1.807, 2.05) is 18.2 Å². The fourth-order valence-corrected chi connectivity index (χ4v) is 2.33. The number of ether oxygens (including phenoxy) is 1. The van der Waals surface area contributed by atoms with E-state index in [1.165, 1.54) is 0 Å². The van der Waals surface area contributed by atoms with E-state index in [9.17, 15) is 4.79 Å². The number of nitrogen functional groups attached to an aromatic ring is 1. The van der Waals surface area contributed by atoms with Gasteiger partial charge in [0.25, 0.3) is 0 Å². The van der Waals surface area contributed by atoms with E-state index in [2.05, 4.69) is 20.8 Å². The van der Waals surface area contributed by atoms with E-state index in [-0.39, 0.29) is 5.78 Å². The lowest BCUT2D eigenvalue weighted by Gasteiger charge is -2.15. The van der Waals surface area contributed by atoms with Gasteiger partial charge in [-0.1, -0.05) is 32.9 Å². The molecule has 0 unspecified atom stereocenters. The Morgan fingerprint density at radius 2 is 1.86 bits per heavy atom. The number of hydrogen-bond acceptors (Lipinski definition) is 3. The van der Waals surface area contributed by atoms with Gasteiger partial charge in [-0.25, -0.2) is 0 Å². The van der Waals surface area contributed by atoms with Crippen molar-refractivity contribution in [3.05, 3.63) is 59.2 Å². The van der Waals surface area contributed by atoms with Crippen LogP contribution in [0.25, 0.3) is 0 Å². The highest BCUT2D eigenvalue weighted by Gasteiger charge is 2.14. The van der Waals surface area contributed by atoms with Crippen LogP contribution in [0.4, 0.5) is 5.69 Å². The Labute approximate surface area is 132 Å². The first kappa shape index (κ1) is 16.1. The molecule has 22 heavy (non-hydrogen) atoms. The summed E-state index contributed by atoms with van der Waals surface area (Å²) in [4.78, 5) is 12.6. The highest BCUT2D eigenvalue weighted by Crippen LogP contribution is 2.28. The van der Waals surface area contributed by atoms with Gasteiger partial charge in [0.15, 0.2) is 5.78 Å². The molecule has 3 nitrogen and oxygen atoms in total. The lowest BCUT2D eigenvalue weighted by Crippen LogP contribution is -2.06. The summed E-state index contributed by atoms with van der Waals surface area (Å²) < 4.78 is 5.78. The van der Waals surface area contributed by atoms with Crippen LogP contribution in [-0.4, -0.2) is 12.4 Å². The molecule has 0 bridgehead atoms. The summed E-state index contributed by atoms with van der Waals surface area (Å²) >= 11 is 0. The summed E-state index contributed by atoms with van der Waals surface area (Å²) in [6.45, 7) is 6.96. The average Bonchev–Trinajstić information content (AvgIpc) is 2.52. The van der Waals surface area contributed by atoms with Crippen molar-refractivity contribution in [2.45, 2.75) is 33.1 Å². The smallest absolute Gasteiger partial charge is 0.193 e. The second kappa shape index (κ2) is 7.12. The van der Waals surface area contributed by atoms with Crippen LogP contribution in [-0.2, 0) is 0 Å². The van der Waals surface area contributed by atoms with Crippen molar-refractivity contribution in [3.8, 4) is 5.75 Å². The molecule has 0 heterocycles. The zero-order chi connectivity index (χ0) is 16.1. The molecule has 2 aromatic carbocycles. The summed E-state index contributed by atoms with van der Waals surface area (Å²) in [5.41, 5.74) is 8.69. The summed E-state index contributed by atoms with van der Waals surface area (Å²) in [5.74, 6) is 1.14. The van der Waals surface area contributed by atoms with E-state index >= 15 is 0 Å². The van der Waals surface area contributed by atoms with E-state index in [0.29, 0.717) is 29.3 Å². The maximum Gasteiger partial charge on any atom is 0.193 e. The van der Waals surface area contributed by atoms with Gasteiger partial charge >= 0.3 is 0 Å². The molecule has 0 fully saturated rings. The third-order valence-electron chi connectivity index (χ3n) is 3.50. The predicted octanol–water partition coefficient (Wildman–Crippen LogP) is 4.41. The van der Waals surface area contributed by atoms with Gasteiger partial charge in [-0.15, -0.1) is 0 Å². The molecular weight excluding hydrogens is 274 g/mol. The molecule has 0 saturated carbocycles. The minimum atomic E-state index is -0.0174. The topological polar surface area (TPSA) is 52.3 Å². The number of hydrogen-bond donors (Lipinski definition) is 1. The predicted molar refractivity (Wildman–Crippen MR) is 90.6 cm³/mol. The fourth-order valence-electron chi connectivity index (χ4n) is 2.33. The summed E-state index contributed by atoms with van der Waals surface area (Å²) in [6, 6.07) is 12.7. The molecule has 0 saturated heterocycles. The molecule has 0 amide bonds. The van der Waals surface area contributed by atoms with Gasteiger partial charge in [0, 0.05) is 16.8 Å². The Hall–Kier alpha value is -2.29. The van der Waals surface area contributed by atoms with Gasteiger partial charge in [0.2, 0.25) is 0 Å². The van der Waals surface area contributed by atoms with E-state index in [1.54, 1.807) is 24.3 Å². The minimum Gasteiger partial charge on any atom is -0.493 e. The molecule has 3 heteroatoms. The molecule has 0 aliphatic heterocycles. The molecule has 0 aliphatic rings. The first-order chi connectivity index (χ1) is 10.5. The number of rotatable bonds is 6. The van der Waals surface area contributed by atoms with Gasteiger partial charge in [-0.2, -0.15) is 0 Å². The summed E-state index contributed by atoms with van der Waals surface area (Å²) in [5, 5.41) is 0. The van der Waals surface area contributed by atoms with Crippen molar-refractivity contribution in [1.29, 1.82) is 0 Å². The zero-order valence-corrected chi connectivity index (χ0v) is 13.4. The minimum absolute atomic E-state index is 0.0174. The molecule has 0 aliphatic carbocycles. The first-order valence-corrected chi connectivity index (χ1v) is 7.70. The van der Waals surface area contributed by atoms with Gasteiger partial charge < -0.3 is 10.5 Å². The molecule has 0 atom stereocenters. The summed E-state index contributed by atoms with van der Waals surface area (Å²) in [7, 11) is 0. The first-order valence-electron chi connectivity index (χ1n) is 7.70. The highest BCUT2D eigenvalue weighted by atomic mass is 16.5. The third-order valence-corrected chi connectivity index (χ3v) is 3.50. The molecule has 116 valence electrons. The molecule has 0 spiro atoms. The van der Waals surface area contributed by atoms with Crippen LogP contribution in [0.2, 0.25) is 0 Å². The molecular formula is C19H23NO2. The lowest BCUT2D eigenvalue weighted by molar-refractivity contribution is 0.103. The second-order valence-electron chi connectivity index (χ2n) is 5.71. The molecule has 2 aromatic rings. The second-order valence-corrected chi connectivity index (χ2v) is 5.71. The van der Waals surface area contributed by atoms with E-state index < -0.39 is 0 Å². The largest absolute Gasteiger partial charge is 0.493 e. The number of nitrogens with two attached hydrogens (primary N) is 1. The van der Waals surface area contributed by atoms with Crippen LogP contribution in [0.1, 0.15) is 54.6 Å². The molecule has 0 aromatic heterocycles. The Balaban J connectivity index is 2.35. The Morgan fingerprint density at radius 1 is 1.14 bits per heavy atom. The van der Waals surface area contributed by atoms with E-state index in [4.69, 9.17) is 10.5 Å².